The lowest BCUT2D eigenvalue weighted by Crippen LogP contribution is -2.14. The first-order chi connectivity index (χ1) is 6.80. The van der Waals surface area contributed by atoms with Crippen LogP contribution in [0.2, 0.25) is 0 Å². The van der Waals surface area contributed by atoms with Gasteiger partial charge in [-0.15, -0.1) is 0 Å². The second-order valence-corrected chi connectivity index (χ2v) is 4.71. The van der Waals surface area contributed by atoms with E-state index in [0.29, 0.717) is 5.69 Å². The number of hydrogen-bond donors (Lipinski definition) is 2. The van der Waals surface area contributed by atoms with Crippen LogP contribution in [0.5, 0.6) is 0 Å². The second kappa shape index (κ2) is 3.93. The molecule has 0 saturated heterocycles. The van der Waals surface area contributed by atoms with Crippen LogP contribution in [0.1, 0.15) is 31.9 Å². The summed E-state index contributed by atoms with van der Waals surface area (Å²) in [6.07, 6.45) is -1.02. The van der Waals surface area contributed by atoms with Gasteiger partial charge in [0.15, 0.2) is 0 Å². The second-order valence-electron chi connectivity index (χ2n) is 4.71. The van der Waals surface area contributed by atoms with Crippen molar-refractivity contribution in [3.8, 4) is 0 Å². The van der Waals surface area contributed by atoms with E-state index in [1.165, 1.54) is 0 Å². The number of rotatable bonds is 1. The molecule has 3 heteroatoms. The summed E-state index contributed by atoms with van der Waals surface area (Å²) in [6.45, 7) is 8.18. The standard InChI is InChI=1S/C12H17NO2/c1-8-5-6-9(12(2,3)4)7-10(8)13-11(14)15/h5-7,13H,1-4H3,(H,14,15). The van der Waals surface area contributed by atoms with Crippen molar-refractivity contribution in [3.63, 3.8) is 0 Å². The molecule has 1 rings (SSSR count). The number of carbonyl (C=O) groups is 1. The van der Waals surface area contributed by atoms with Crippen molar-refractivity contribution < 1.29 is 9.90 Å². The van der Waals surface area contributed by atoms with Gasteiger partial charge in [-0.05, 0) is 29.5 Å². The zero-order valence-electron chi connectivity index (χ0n) is 9.59. The zero-order valence-corrected chi connectivity index (χ0v) is 9.59. The highest BCUT2D eigenvalue weighted by atomic mass is 16.4. The molecular formula is C12H17NO2. The number of amides is 1. The van der Waals surface area contributed by atoms with Gasteiger partial charge in [0.2, 0.25) is 0 Å². The summed E-state index contributed by atoms with van der Waals surface area (Å²) in [4.78, 5) is 10.6. The van der Waals surface area contributed by atoms with Gasteiger partial charge in [-0.3, -0.25) is 5.32 Å². The van der Waals surface area contributed by atoms with Gasteiger partial charge in [-0.1, -0.05) is 32.9 Å². The van der Waals surface area contributed by atoms with Gasteiger partial charge in [0.05, 0.1) is 0 Å². The molecular weight excluding hydrogens is 190 g/mol. The van der Waals surface area contributed by atoms with Crippen LogP contribution in [0.4, 0.5) is 10.5 Å². The lowest BCUT2D eigenvalue weighted by molar-refractivity contribution is 0.209. The summed E-state index contributed by atoms with van der Waals surface area (Å²) in [5.41, 5.74) is 2.75. The fourth-order valence-electron chi connectivity index (χ4n) is 1.34. The molecule has 82 valence electrons. The van der Waals surface area contributed by atoms with Crippen LogP contribution in [-0.4, -0.2) is 11.2 Å². The molecule has 0 aliphatic rings. The monoisotopic (exact) mass is 207 g/mol. The Hall–Kier alpha value is -1.51. The molecule has 0 radical (unpaired) electrons. The van der Waals surface area contributed by atoms with Gasteiger partial charge in [0.25, 0.3) is 0 Å². The fourth-order valence-corrected chi connectivity index (χ4v) is 1.34. The first kappa shape index (κ1) is 11.6. The molecule has 0 fully saturated rings. The maximum atomic E-state index is 10.6. The van der Waals surface area contributed by atoms with E-state index in [2.05, 4.69) is 26.1 Å². The summed E-state index contributed by atoms with van der Waals surface area (Å²) in [5, 5.41) is 11.1. The van der Waals surface area contributed by atoms with E-state index in [1.54, 1.807) is 0 Å². The van der Waals surface area contributed by atoms with Gasteiger partial charge >= 0.3 is 6.09 Å². The number of anilines is 1. The quantitative estimate of drug-likeness (QED) is 0.741. The summed E-state index contributed by atoms with van der Waals surface area (Å²) in [5.74, 6) is 0. The Balaban J connectivity index is 3.11. The third kappa shape index (κ3) is 2.98. The van der Waals surface area contributed by atoms with Crippen molar-refractivity contribution in [2.45, 2.75) is 33.1 Å². The summed E-state index contributed by atoms with van der Waals surface area (Å²) < 4.78 is 0. The SMILES string of the molecule is Cc1ccc(C(C)(C)C)cc1NC(=O)O. The van der Waals surface area contributed by atoms with Crippen molar-refractivity contribution in [3.05, 3.63) is 29.3 Å². The lowest BCUT2D eigenvalue weighted by Gasteiger charge is -2.20. The molecule has 0 aliphatic carbocycles. The van der Waals surface area contributed by atoms with Crippen LogP contribution in [0.3, 0.4) is 0 Å². The van der Waals surface area contributed by atoms with Crippen molar-refractivity contribution in [2.24, 2.45) is 0 Å². The smallest absolute Gasteiger partial charge is 0.409 e. The average Bonchev–Trinajstić information content (AvgIpc) is 2.06. The highest BCUT2D eigenvalue weighted by molar-refractivity contribution is 5.84. The summed E-state index contributed by atoms with van der Waals surface area (Å²) >= 11 is 0. The first-order valence-electron chi connectivity index (χ1n) is 4.92. The van der Waals surface area contributed by atoms with E-state index in [1.807, 2.05) is 25.1 Å². The molecule has 0 atom stereocenters. The van der Waals surface area contributed by atoms with E-state index in [4.69, 9.17) is 5.11 Å². The minimum Gasteiger partial charge on any atom is -0.465 e. The Morgan fingerprint density at radius 2 is 1.93 bits per heavy atom. The van der Waals surface area contributed by atoms with E-state index in [-0.39, 0.29) is 5.41 Å². The molecule has 1 aromatic carbocycles. The number of nitrogens with one attached hydrogen (secondary N) is 1. The van der Waals surface area contributed by atoms with Gasteiger partial charge in [0.1, 0.15) is 0 Å². The first-order valence-corrected chi connectivity index (χ1v) is 4.92. The van der Waals surface area contributed by atoms with Crippen molar-refractivity contribution >= 4 is 11.8 Å². The van der Waals surface area contributed by atoms with Crippen molar-refractivity contribution in [2.75, 3.05) is 5.32 Å². The van der Waals surface area contributed by atoms with Crippen LogP contribution in [0.15, 0.2) is 18.2 Å². The maximum absolute atomic E-state index is 10.6. The van der Waals surface area contributed by atoms with Crippen LogP contribution >= 0.6 is 0 Å². The van der Waals surface area contributed by atoms with Crippen LogP contribution in [-0.2, 0) is 5.41 Å². The number of hydrogen-bond acceptors (Lipinski definition) is 1. The Kier molecular flexibility index (Phi) is 3.03. The van der Waals surface area contributed by atoms with Gasteiger partial charge in [0, 0.05) is 5.69 Å². The molecule has 3 nitrogen and oxygen atoms in total. The Morgan fingerprint density at radius 3 is 2.40 bits per heavy atom. The van der Waals surface area contributed by atoms with Crippen LogP contribution < -0.4 is 5.32 Å². The third-order valence-corrected chi connectivity index (χ3v) is 2.35. The highest BCUT2D eigenvalue weighted by Gasteiger charge is 2.15. The number of aryl methyl sites for hydroxylation is 1. The minimum atomic E-state index is -1.02. The minimum absolute atomic E-state index is 0.0304. The molecule has 1 amide bonds. The molecule has 0 bridgehead atoms. The molecule has 0 saturated carbocycles. The van der Waals surface area contributed by atoms with Crippen LogP contribution in [0.25, 0.3) is 0 Å². The van der Waals surface area contributed by atoms with E-state index in [0.717, 1.165) is 11.1 Å². The van der Waals surface area contributed by atoms with E-state index >= 15 is 0 Å². The molecule has 1 aromatic rings. The zero-order chi connectivity index (χ0) is 11.6. The highest BCUT2D eigenvalue weighted by Crippen LogP contribution is 2.26. The fraction of sp³-hybridized carbons (Fsp3) is 0.417. The van der Waals surface area contributed by atoms with Gasteiger partial charge in [-0.2, -0.15) is 0 Å². The van der Waals surface area contributed by atoms with Gasteiger partial charge < -0.3 is 5.11 Å². The van der Waals surface area contributed by atoms with E-state index in [9.17, 15) is 4.79 Å². The Bertz CT molecular complexity index is 378. The maximum Gasteiger partial charge on any atom is 0.409 e. The van der Waals surface area contributed by atoms with Crippen molar-refractivity contribution in [1.29, 1.82) is 0 Å². The Labute approximate surface area is 90.1 Å². The lowest BCUT2D eigenvalue weighted by atomic mass is 9.86. The molecule has 0 aliphatic heterocycles. The normalized spacial score (nSPS) is 11.2. The van der Waals surface area contributed by atoms with Gasteiger partial charge in [-0.25, -0.2) is 4.79 Å². The molecule has 0 spiro atoms. The molecule has 0 unspecified atom stereocenters. The average molecular weight is 207 g/mol. The molecule has 15 heavy (non-hydrogen) atoms. The molecule has 2 N–H and O–H groups in total. The topological polar surface area (TPSA) is 49.3 Å². The number of carboxylic acid groups (broad SMARTS) is 1. The van der Waals surface area contributed by atoms with Crippen molar-refractivity contribution in [1.82, 2.24) is 0 Å². The number of benzene rings is 1. The molecule has 0 heterocycles. The molecule has 0 aromatic heterocycles. The Morgan fingerprint density at radius 1 is 1.33 bits per heavy atom. The van der Waals surface area contributed by atoms with Crippen LogP contribution in [0, 0.1) is 6.92 Å². The largest absolute Gasteiger partial charge is 0.465 e. The van der Waals surface area contributed by atoms with E-state index < -0.39 is 6.09 Å². The predicted molar refractivity (Wildman–Crippen MR) is 61.5 cm³/mol. The third-order valence-electron chi connectivity index (χ3n) is 2.35. The summed E-state index contributed by atoms with van der Waals surface area (Å²) in [7, 11) is 0. The predicted octanol–water partition coefficient (Wildman–Crippen LogP) is 3.38. The summed E-state index contributed by atoms with van der Waals surface area (Å²) in [6, 6.07) is 5.86.